The summed E-state index contributed by atoms with van der Waals surface area (Å²) in [7, 11) is 1.55. The van der Waals surface area contributed by atoms with Crippen LogP contribution in [0.2, 0.25) is 0 Å². The van der Waals surface area contributed by atoms with E-state index >= 15 is 0 Å². The Balaban J connectivity index is 1.07. The van der Waals surface area contributed by atoms with Gasteiger partial charge in [-0.1, -0.05) is 0 Å². The van der Waals surface area contributed by atoms with Crippen molar-refractivity contribution in [1.29, 1.82) is 0 Å². The minimum atomic E-state index is -3.16. The predicted octanol–water partition coefficient (Wildman–Crippen LogP) is -12.8. The predicted molar refractivity (Wildman–Crippen MR) is 365 cm³/mol. The number of hydrogen-bond donors (Lipinski definition) is 24. The number of thiol groups is 2. The van der Waals surface area contributed by atoms with E-state index < -0.39 is 265 Å². The molecule has 21 aliphatic rings. The molecule has 35 atom stereocenters. The lowest BCUT2D eigenvalue weighted by molar-refractivity contribution is -0.434. The molecule has 46 heteroatoms. The summed E-state index contributed by atoms with van der Waals surface area (Å²) in [6.45, 7) is -3.63. The number of ether oxygens (including phenoxy) is 16. The van der Waals surface area contributed by atoms with Crippen molar-refractivity contribution in [3.63, 3.8) is 0 Å². The Morgan fingerprint density at radius 2 is 0.824 bits per heavy atom. The van der Waals surface area contributed by atoms with Crippen molar-refractivity contribution in [3.05, 3.63) is 0 Å². The Kier molecular flexibility index (Phi) is 36.5. The maximum atomic E-state index is 13.6. The fraction of sp³-hybridized carbons (Fsp3) is 0.935. The van der Waals surface area contributed by atoms with E-state index in [2.05, 4.69) is 41.2 Å². The number of carbonyl (C=O) groups is 4. The van der Waals surface area contributed by atoms with Crippen molar-refractivity contribution in [1.82, 2.24) is 16.0 Å². The zero-order valence-electron chi connectivity index (χ0n) is 58.8. The maximum Gasteiger partial charge on any atom is 0.237 e. The first-order valence-electron chi connectivity index (χ1n) is 35.1. The quantitative estimate of drug-likeness (QED) is 0.0235. The zero-order chi connectivity index (χ0) is 79.1. The number of likely N-dealkylation sites (N-methyl/N-ethyl adjacent to an activating group) is 1. The third-order valence-electron chi connectivity index (χ3n) is 19.1. The third-order valence-corrected chi connectivity index (χ3v) is 21.9. The number of rotatable bonds is 30. The number of thioether (sulfide) groups is 2. The molecule has 108 heavy (non-hydrogen) atoms. The summed E-state index contributed by atoms with van der Waals surface area (Å²) >= 11 is 10.3. The molecule has 626 valence electrons. The molecule has 0 radical (unpaired) electrons. The summed E-state index contributed by atoms with van der Waals surface area (Å²) in [6.07, 6.45) is -65.9. The molecule has 22 N–H and O–H groups in total. The number of nitrogens with one attached hydrogen (secondary N) is 3. The van der Waals surface area contributed by atoms with Crippen LogP contribution in [0.1, 0.15) is 32.6 Å². The average molecular weight is 1640 g/mol. The SMILES string of the molecule is CNC(CCSCC1O[C@H]2O[C@@H]3C(CO)O[C@H](O[C@]4(O)CO[C@H](O[C@@H]5C(CO)O[C@H](O[C@@H]6C(CSCC(CC(=O)CCOCCOCCC(C)=O)C(=O)NCCS)O[C@H](O[C@]7(O)CO[C@@H](O[C@@H]8C(CO)O[C@@H](O[C@H]1[C@H](O)C2O)C(O)[C@@H]8O)C(O)[C@H]7O)C(O)[C@H]6O)C(O)[C@H]5O)C(O)[C@H]4O)C(O)[C@H]3O)C(=O)NCCS. The van der Waals surface area contributed by atoms with Gasteiger partial charge in [0.1, 0.15) is 159 Å². The third kappa shape index (κ3) is 22.9. The van der Waals surface area contributed by atoms with Gasteiger partial charge >= 0.3 is 0 Å². The molecule has 21 aliphatic heterocycles. The van der Waals surface area contributed by atoms with Gasteiger partial charge in [-0.2, -0.15) is 48.8 Å². The fourth-order valence-electron chi connectivity index (χ4n) is 12.9. The number of hydrogen-bond acceptors (Lipinski definition) is 44. The zero-order valence-corrected chi connectivity index (χ0v) is 62.2. The lowest BCUT2D eigenvalue weighted by atomic mass is 9.95. The summed E-state index contributed by atoms with van der Waals surface area (Å²) in [6, 6.07) is -0.723. The Hall–Kier alpha value is -1.76. The molecule has 14 unspecified atom stereocenters. The van der Waals surface area contributed by atoms with Crippen LogP contribution in [0.5, 0.6) is 0 Å². The summed E-state index contributed by atoms with van der Waals surface area (Å²) in [5.41, 5.74) is 0. The molecule has 0 aromatic heterocycles. The summed E-state index contributed by atoms with van der Waals surface area (Å²) in [4.78, 5) is 51.1. The second kappa shape index (κ2) is 42.9. The Labute approximate surface area is 638 Å². The molecule has 21 heterocycles. The lowest BCUT2D eigenvalue weighted by Gasteiger charge is -2.50. The van der Waals surface area contributed by atoms with Crippen molar-refractivity contribution >= 4 is 72.2 Å². The van der Waals surface area contributed by atoms with Gasteiger partial charge in [0.2, 0.25) is 23.4 Å². The smallest absolute Gasteiger partial charge is 0.237 e. The fourth-order valence-corrected chi connectivity index (χ4v) is 15.4. The second-order valence-corrected chi connectivity index (χ2v) is 30.1. The van der Waals surface area contributed by atoms with E-state index in [0.29, 0.717) is 5.75 Å². The molecule has 14 bridgehead atoms. The largest absolute Gasteiger partial charge is 0.394 e. The monoisotopic (exact) mass is 1640 g/mol. The first kappa shape index (κ1) is 91.8. The van der Waals surface area contributed by atoms with Crippen LogP contribution in [-0.2, 0) is 95.0 Å². The van der Waals surface area contributed by atoms with Gasteiger partial charge in [-0.05, 0) is 26.1 Å². The van der Waals surface area contributed by atoms with Gasteiger partial charge in [0.05, 0.1) is 70.4 Å². The van der Waals surface area contributed by atoms with Crippen LogP contribution < -0.4 is 16.0 Å². The Bertz CT molecular complexity index is 2760. The number of amides is 2. The van der Waals surface area contributed by atoms with Crippen LogP contribution in [0.25, 0.3) is 0 Å². The second-order valence-electron chi connectivity index (χ2n) is 27.0. The standard InChI is InChI=1S/C62H105N3O39S4/c1-24(69)3-8-89-10-11-90-9-4-26(70)15-25(52(85)64-6-12-105)19-108-21-32-49-37(75)42(80)60(97-32)104-62(88)23-92-55(44(82)51(62)84)99-45-28(16-66)93-56(38(76)33(45)71)101-48-31(20-107-14-5-27(63-2)53(86)65-7-13-106)96-58(40(78)35(48)73)100-47-30(18-68)95-59(41(79)36(47)74)103-61(87)22-91-54(43(81)50(61)83)98-46-29(17-67)94-57(102-49)39(77)34(46)72/h25,27-51,54-60,63,66-68,71-84,87-88,105-106H,3-23H2,1-2H3,(H,64,85)(H,65,86)/t25?,27?,28?,29?,30?,31?,32?,33-,34+,35+,36+,37+,38?,39?,40?,41?,42?,43?,44?,45+,46+,47+,48+,49+,50+,51+,54+,55-,56-,57+,58-,59+,60+,61+,62+/m0/s1. The molecule has 0 spiro atoms. The van der Waals surface area contributed by atoms with Crippen molar-refractivity contribution in [3.8, 4) is 0 Å². The van der Waals surface area contributed by atoms with Crippen LogP contribution in [-0.4, -0.2) is 443 Å². The van der Waals surface area contributed by atoms with Gasteiger partial charge in [0.15, 0.2) is 44.0 Å². The van der Waals surface area contributed by atoms with Crippen LogP contribution in [0.3, 0.4) is 0 Å². The molecule has 21 fully saturated rings. The van der Waals surface area contributed by atoms with E-state index in [9.17, 15) is 116 Å². The van der Waals surface area contributed by atoms with Crippen molar-refractivity contribution in [2.24, 2.45) is 5.92 Å². The van der Waals surface area contributed by atoms with E-state index in [1.807, 2.05) is 0 Å². The molecule has 0 aromatic carbocycles. The first-order valence-corrected chi connectivity index (χ1v) is 38.7. The molecule has 2 amide bonds. The number of aliphatic hydroxyl groups excluding tert-OH is 17. The van der Waals surface area contributed by atoms with Crippen LogP contribution >= 0.6 is 48.8 Å². The van der Waals surface area contributed by atoms with E-state index in [-0.39, 0.29) is 99.9 Å². The number of ketones is 2. The van der Waals surface area contributed by atoms with E-state index in [1.54, 1.807) is 7.05 Å². The number of carbonyl (C=O) groups excluding carboxylic acids is 4. The van der Waals surface area contributed by atoms with E-state index in [4.69, 9.17) is 75.8 Å². The molecular weight excluding hydrogens is 1540 g/mol. The highest BCUT2D eigenvalue weighted by Crippen LogP contribution is 2.41. The van der Waals surface area contributed by atoms with Crippen molar-refractivity contribution in [2.45, 2.75) is 241 Å². The summed E-state index contributed by atoms with van der Waals surface area (Å²) in [5, 5.41) is 228. The van der Waals surface area contributed by atoms with E-state index in [0.717, 1.165) is 23.5 Å². The molecule has 21 saturated heterocycles. The van der Waals surface area contributed by atoms with Gasteiger partial charge in [-0.25, -0.2) is 0 Å². The lowest BCUT2D eigenvalue weighted by Crippen LogP contribution is -2.69. The molecule has 0 saturated carbocycles. The van der Waals surface area contributed by atoms with Crippen molar-refractivity contribution in [2.75, 3.05) is 114 Å². The van der Waals surface area contributed by atoms with Gasteiger partial charge < -0.3 is 189 Å². The molecule has 0 aliphatic carbocycles. The normalized spacial score (nSPS) is 43.3. The van der Waals surface area contributed by atoms with Gasteiger partial charge in [-0.15, -0.1) is 0 Å². The van der Waals surface area contributed by atoms with Gasteiger partial charge in [0, 0.05) is 61.1 Å². The summed E-state index contributed by atoms with van der Waals surface area (Å²) < 4.78 is 92.8. The summed E-state index contributed by atoms with van der Waals surface area (Å²) in [5.74, 6) is -8.89. The Morgan fingerprint density at radius 1 is 0.463 bits per heavy atom. The Morgan fingerprint density at radius 3 is 1.23 bits per heavy atom. The highest BCUT2D eigenvalue weighted by atomic mass is 32.2. The minimum Gasteiger partial charge on any atom is -0.394 e. The van der Waals surface area contributed by atoms with Gasteiger partial charge in [-0.3, -0.25) is 19.2 Å². The highest BCUT2D eigenvalue weighted by molar-refractivity contribution is 7.99. The first-order chi connectivity index (χ1) is 51.4. The van der Waals surface area contributed by atoms with Crippen molar-refractivity contribution < 1.29 is 192 Å². The topological polar surface area (TPSA) is 636 Å². The minimum absolute atomic E-state index is 0.0564. The molecular formula is C62H105N3O39S4. The molecule has 21 rings (SSSR count). The van der Waals surface area contributed by atoms with Crippen LogP contribution in [0.15, 0.2) is 0 Å². The number of Topliss-reactive ketones (excluding diaryl/α,β-unsaturated/α-hetero) is 2. The van der Waals surface area contributed by atoms with Gasteiger partial charge in [0.25, 0.3) is 0 Å². The highest BCUT2D eigenvalue weighted by Gasteiger charge is 2.62. The maximum absolute atomic E-state index is 13.6. The molecule has 42 nitrogen and oxygen atoms in total. The molecule has 0 aromatic rings. The van der Waals surface area contributed by atoms with Crippen LogP contribution in [0, 0.1) is 5.92 Å². The average Bonchev–Trinajstić information content (AvgIpc) is 0.773. The number of aliphatic hydroxyl groups is 19. The van der Waals surface area contributed by atoms with E-state index in [1.165, 1.54) is 6.92 Å². The van der Waals surface area contributed by atoms with Crippen LogP contribution in [0.4, 0.5) is 0 Å².